The molecule has 2 rings (SSSR count). The highest BCUT2D eigenvalue weighted by molar-refractivity contribution is 7.89. The van der Waals surface area contributed by atoms with Crippen molar-refractivity contribution in [1.82, 2.24) is 14.1 Å². The van der Waals surface area contributed by atoms with Gasteiger partial charge in [-0.15, -0.1) is 11.6 Å². The molecule has 8 nitrogen and oxygen atoms in total. The lowest BCUT2D eigenvalue weighted by Crippen LogP contribution is -2.52. The van der Waals surface area contributed by atoms with Gasteiger partial charge >= 0.3 is 0 Å². The number of alkyl halides is 1. The Kier molecular flexibility index (Phi) is 10.5. The van der Waals surface area contributed by atoms with Crippen molar-refractivity contribution in [3.05, 3.63) is 35.6 Å². The zero-order chi connectivity index (χ0) is 24.6. The Morgan fingerprint density at radius 3 is 2.52 bits per heavy atom. The third-order valence-corrected chi connectivity index (χ3v) is 7.75. The maximum absolute atomic E-state index is 13.8. The van der Waals surface area contributed by atoms with Gasteiger partial charge in [-0.1, -0.05) is 12.1 Å². The Bertz CT molecular complexity index is 907. The molecule has 0 bridgehead atoms. The SMILES string of the molecule is CCS(=O)(=O)N(CCOC)CC(=O)N(Cc1cccc(F)c1)C1CCN(C(=O)[C@H](C)Cl)CC1. The van der Waals surface area contributed by atoms with E-state index in [2.05, 4.69) is 0 Å². The van der Waals surface area contributed by atoms with E-state index in [4.69, 9.17) is 16.3 Å². The van der Waals surface area contributed by atoms with Crippen LogP contribution in [0.2, 0.25) is 0 Å². The number of ether oxygens (including phenoxy) is 1. The van der Waals surface area contributed by atoms with Crippen molar-refractivity contribution in [2.45, 2.75) is 44.7 Å². The van der Waals surface area contributed by atoms with E-state index in [1.54, 1.807) is 28.9 Å². The molecule has 0 aliphatic carbocycles. The molecule has 1 fully saturated rings. The zero-order valence-electron chi connectivity index (χ0n) is 19.4. The number of nitrogens with zero attached hydrogens (tertiary/aromatic N) is 3. The molecule has 33 heavy (non-hydrogen) atoms. The Hall–Kier alpha value is -1.75. The molecule has 0 saturated carbocycles. The first-order valence-corrected chi connectivity index (χ1v) is 13.1. The van der Waals surface area contributed by atoms with Crippen molar-refractivity contribution >= 4 is 33.4 Å². The summed E-state index contributed by atoms with van der Waals surface area (Å²) in [6.45, 7) is 4.06. The van der Waals surface area contributed by atoms with Crippen molar-refractivity contribution in [3.8, 4) is 0 Å². The lowest BCUT2D eigenvalue weighted by Gasteiger charge is -2.39. The number of benzene rings is 1. The Morgan fingerprint density at radius 1 is 1.30 bits per heavy atom. The van der Waals surface area contributed by atoms with E-state index < -0.39 is 21.2 Å². The van der Waals surface area contributed by atoms with E-state index in [1.807, 2.05) is 0 Å². The van der Waals surface area contributed by atoms with Crippen molar-refractivity contribution in [1.29, 1.82) is 0 Å². The molecule has 0 N–H and O–H groups in total. The summed E-state index contributed by atoms with van der Waals surface area (Å²) in [6, 6.07) is 5.77. The van der Waals surface area contributed by atoms with E-state index in [-0.39, 0.29) is 49.9 Å². The second-order valence-corrected chi connectivity index (χ2v) is 11.0. The van der Waals surface area contributed by atoms with Crippen LogP contribution in [-0.4, -0.2) is 91.4 Å². The van der Waals surface area contributed by atoms with Crippen molar-refractivity contribution in [2.24, 2.45) is 0 Å². The maximum atomic E-state index is 13.8. The van der Waals surface area contributed by atoms with E-state index in [0.29, 0.717) is 31.5 Å². The summed E-state index contributed by atoms with van der Waals surface area (Å²) in [5.41, 5.74) is 0.609. The summed E-state index contributed by atoms with van der Waals surface area (Å²) in [7, 11) is -2.16. The first kappa shape index (κ1) is 27.5. The van der Waals surface area contributed by atoms with Gasteiger partial charge in [-0.2, -0.15) is 4.31 Å². The number of piperidine rings is 1. The topological polar surface area (TPSA) is 87.2 Å². The van der Waals surface area contributed by atoms with Gasteiger partial charge in [0.2, 0.25) is 21.8 Å². The standard InChI is InChI=1S/C22H33ClFN3O5S/c1-4-33(30,31)26(12-13-32-3)16-21(28)27(15-18-6-5-7-19(24)14-18)20-8-10-25(11-9-20)22(29)17(2)23/h5-7,14,17,20H,4,8-13,15-16H2,1-3H3/t17-/m0/s1. The molecule has 186 valence electrons. The fraction of sp³-hybridized carbons (Fsp3) is 0.636. The molecule has 11 heteroatoms. The first-order valence-electron chi connectivity index (χ1n) is 11.0. The van der Waals surface area contributed by atoms with Crippen LogP contribution in [0.3, 0.4) is 0 Å². The third kappa shape index (κ3) is 7.91. The number of sulfonamides is 1. The fourth-order valence-corrected chi connectivity index (χ4v) is 5.00. The molecule has 0 unspecified atom stereocenters. The average molecular weight is 506 g/mol. The molecule has 1 aromatic rings. The van der Waals surface area contributed by atoms with E-state index >= 15 is 0 Å². The third-order valence-electron chi connectivity index (χ3n) is 5.73. The van der Waals surface area contributed by atoms with Gasteiger partial charge in [0.1, 0.15) is 11.2 Å². The maximum Gasteiger partial charge on any atom is 0.240 e. The van der Waals surface area contributed by atoms with Crippen LogP contribution >= 0.6 is 11.6 Å². The smallest absolute Gasteiger partial charge is 0.240 e. The molecule has 0 spiro atoms. The largest absolute Gasteiger partial charge is 0.383 e. The summed E-state index contributed by atoms with van der Waals surface area (Å²) < 4.78 is 44.9. The summed E-state index contributed by atoms with van der Waals surface area (Å²) in [5, 5.41) is -0.625. The molecule has 1 aromatic carbocycles. The van der Waals surface area contributed by atoms with E-state index in [9.17, 15) is 22.4 Å². The lowest BCUT2D eigenvalue weighted by molar-refractivity contribution is -0.137. The van der Waals surface area contributed by atoms with E-state index in [1.165, 1.54) is 26.2 Å². The summed E-state index contributed by atoms with van der Waals surface area (Å²) in [5.74, 6) is -1.07. The van der Waals surface area contributed by atoms with Crippen molar-refractivity contribution < 1.29 is 27.1 Å². The van der Waals surface area contributed by atoms with Gasteiger partial charge in [-0.05, 0) is 44.4 Å². The molecule has 1 aliphatic heterocycles. The Morgan fingerprint density at radius 2 is 1.97 bits per heavy atom. The van der Waals surface area contributed by atoms with Crippen LogP contribution in [0, 0.1) is 5.82 Å². The zero-order valence-corrected chi connectivity index (χ0v) is 20.9. The molecule has 1 aliphatic rings. The van der Waals surface area contributed by atoms with E-state index in [0.717, 1.165) is 4.31 Å². The van der Waals surface area contributed by atoms with Crippen LogP contribution < -0.4 is 0 Å². The minimum atomic E-state index is -3.62. The molecule has 1 heterocycles. The predicted molar refractivity (Wildman–Crippen MR) is 125 cm³/mol. The van der Waals surface area contributed by atoms with Gasteiger partial charge in [0.15, 0.2) is 0 Å². The quantitative estimate of drug-likeness (QED) is 0.430. The second-order valence-electron chi connectivity index (χ2n) is 8.05. The van der Waals surface area contributed by atoms with Gasteiger partial charge in [0.05, 0.1) is 18.9 Å². The van der Waals surface area contributed by atoms with Crippen LogP contribution in [-0.2, 0) is 30.9 Å². The van der Waals surface area contributed by atoms with Crippen LogP contribution in [0.4, 0.5) is 4.39 Å². The Labute approximate surface area is 200 Å². The molecule has 1 saturated heterocycles. The number of carbonyl (C=O) groups is 2. The van der Waals surface area contributed by atoms with Crippen LogP contribution in [0.15, 0.2) is 24.3 Å². The predicted octanol–water partition coefficient (Wildman–Crippen LogP) is 2.07. The molecular formula is C22H33ClFN3O5S. The number of amides is 2. The molecule has 2 amide bonds. The van der Waals surface area contributed by atoms with Gasteiger partial charge in [0.25, 0.3) is 0 Å². The molecule has 1 atom stereocenters. The van der Waals surface area contributed by atoms with Gasteiger partial charge in [-0.25, -0.2) is 12.8 Å². The summed E-state index contributed by atoms with van der Waals surface area (Å²) in [6.07, 6.45) is 1.05. The lowest BCUT2D eigenvalue weighted by atomic mass is 10.0. The van der Waals surface area contributed by atoms with Crippen LogP contribution in [0.25, 0.3) is 0 Å². The second kappa shape index (κ2) is 12.6. The molecular weight excluding hydrogens is 473 g/mol. The summed E-state index contributed by atoms with van der Waals surface area (Å²) >= 11 is 5.92. The molecule has 0 aromatic heterocycles. The van der Waals surface area contributed by atoms with Gasteiger partial charge in [-0.3, -0.25) is 9.59 Å². The highest BCUT2D eigenvalue weighted by Gasteiger charge is 2.33. The normalized spacial score (nSPS) is 16.1. The average Bonchev–Trinajstić information content (AvgIpc) is 2.79. The molecule has 0 radical (unpaired) electrons. The number of carbonyl (C=O) groups excluding carboxylic acids is 2. The number of rotatable bonds is 11. The number of hydrogen-bond acceptors (Lipinski definition) is 5. The number of halogens is 2. The minimum Gasteiger partial charge on any atom is -0.383 e. The van der Waals surface area contributed by atoms with Crippen LogP contribution in [0.5, 0.6) is 0 Å². The highest BCUT2D eigenvalue weighted by Crippen LogP contribution is 2.21. The number of hydrogen-bond donors (Lipinski definition) is 0. The monoisotopic (exact) mass is 505 g/mol. The van der Waals surface area contributed by atoms with Gasteiger partial charge < -0.3 is 14.5 Å². The number of likely N-dealkylation sites (tertiary alicyclic amines) is 1. The minimum absolute atomic E-state index is 0.0623. The van der Waals surface area contributed by atoms with Crippen molar-refractivity contribution in [2.75, 3.05) is 45.6 Å². The van der Waals surface area contributed by atoms with Gasteiger partial charge in [0, 0.05) is 39.3 Å². The fourth-order valence-electron chi connectivity index (χ4n) is 3.84. The van der Waals surface area contributed by atoms with Crippen LogP contribution in [0.1, 0.15) is 32.3 Å². The highest BCUT2D eigenvalue weighted by atomic mass is 35.5. The number of methoxy groups -OCH3 is 1. The Balaban J connectivity index is 2.23. The first-order chi connectivity index (χ1) is 15.6. The summed E-state index contributed by atoms with van der Waals surface area (Å²) in [4.78, 5) is 28.9. The van der Waals surface area contributed by atoms with Crippen molar-refractivity contribution in [3.63, 3.8) is 0 Å².